The lowest BCUT2D eigenvalue weighted by Crippen LogP contribution is -2.53. The highest BCUT2D eigenvalue weighted by Gasteiger charge is 2.50. The number of alkyl halides is 3. The van der Waals surface area contributed by atoms with Crippen LogP contribution < -0.4 is 14.8 Å². The second-order valence-electron chi connectivity index (χ2n) is 9.58. The number of rotatable bonds is 8. The van der Waals surface area contributed by atoms with Crippen LogP contribution in [0.3, 0.4) is 0 Å². The number of aromatic nitrogens is 4. The van der Waals surface area contributed by atoms with Crippen LogP contribution in [0, 0.1) is 24.4 Å². The molecule has 15 heteroatoms. The summed E-state index contributed by atoms with van der Waals surface area (Å²) in [6.45, 7) is 0.282. The molecule has 1 aliphatic heterocycles. The zero-order chi connectivity index (χ0) is 30.2. The van der Waals surface area contributed by atoms with Crippen molar-refractivity contribution in [3.05, 3.63) is 77.1 Å². The number of ether oxygens (including phenoxy) is 2. The van der Waals surface area contributed by atoms with Crippen molar-refractivity contribution in [3.8, 4) is 22.8 Å². The van der Waals surface area contributed by atoms with Crippen LogP contribution in [0.5, 0.6) is 11.5 Å². The van der Waals surface area contributed by atoms with Crippen molar-refractivity contribution in [1.82, 2.24) is 25.1 Å². The van der Waals surface area contributed by atoms with E-state index < -0.39 is 47.4 Å². The number of halogens is 6. The standard InChI is InChI=1S/C27H23F6N5O4/c1-14-34-12-21(41-14)17-5-4-15(8-20(17)40-2)9-22-36-37-24-26(6-3-7-38(22)24,25(39)35-13-27(31,32)33)42-16-10-18(28)23(30)19(29)11-16/h4-5,8,10-12H,3,6-7,9,13H2,1-2H3,(H,35,39). The average molecular weight is 596 g/mol. The minimum atomic E-state index is -4.76. The third kappa shape index (κ3) is 5.63. The molecule has 9 nitrogen and oxygen atoms in total. The molecule has 0 saturated carbocycles. The number of oxazole rings is 1. The van der Waals surface area contributed by atoms with Gasteiger partial charge < -0.3 is 23.8 Å². The van der Waals surface area contributed by atoms with Gasteiger partial charge in [0.1, 0.15) is 23.9 Å². The van der Waals surface area contributed by atoms with E-state index >= 15 is 0 Å². The fourth-order valence-corrected chi connectivity index (χ4v) is 4.79. The Morgan fingerprint density at radius 1 is 1.14 bits per heavy atom. The highest BCUT2D eigenvalue weighted by molar-refractivity contribution is 5.86. The van der Waals surface area contributed by atoms with Crippen molar-refractivity contribution in [1.29, 1.82) is 0 Å². The van der Waals surface area contributed by atoms with Gasteiger partial charge in [0.25, 0.3) is 5.91 Å². The number of hydrogen-bond acceptors (Lipinski definition) is 7. The lowest BCUT2D eigenvalue weighted by atomic mass is 9.91. The number of nitrogens with zero attached hydrogens (tertiary/aromatic N) is 4. The first-order valence-corrected chi connectivity index (χ1v) is 12.6. The molecule has 0 spiro atoms. The monoisotopic (exact) mass is 595 g/mol. The number of fused-ring (bicyclic) bond motifs is 1. The maximum absolute atomic E-state index is 14.0. The van der Waals surface area contributed by atoms with Gasteiger partial charge in [0.05, 0.1) is 18.9 Å². The molecule has 0 saturated heterocycles. The highest BCUT2D eigenvalue weighted by Crippen LogP contribution is 2.38. The van der Waals surface area contributed by atoms with E-state index in [1.54, 1.807) is 36.6 Å². The molecule has 1 aliphatic rings. The van der Waals surface area contributed by atoms with Crippen molar-refractivity contribution in [2.75, 3.05) is 13.7 Å². The number of carbonyl (C=O) groups excluding carboxylic acids is 1. The van der Waals surface area contributed by atoms with Crippen molar-refractivity contribution >= 4 is 5.91 Å². The molecule has 0 aliphatic carbocycles. The van der Waals surface area contributed by atoms with Gasteiger partial charge in [-0.3, -0.25) is 4.79 Å². The SMILES string of the molecule is COc1cc(Cc2nnc3n2CCCC3(Oc2cc(F)c(F)c(F)c2)C(=O)NCC(F)(F)F)ccc1-c1cnc(C)o1. The van der Waals surface area contributed by atoms with Gasteiger partial charge in [0.15, 0.2) is 34.9 Å². The fourth-order valence-electron chi connectivity index (χ4n) is 4.79. The Labute approximate surface area is 234 Å². The number of nitrogens with one attached hydrogen (secondary N) is 1. The largest absolute Gasteiger partial charge is 0.496 e. The van der Waals surface area contributed by atoms with Crippen LogP contribution in [0.1, 0.15) is 35.9 Å². The number of benzene rings is 2. The number of methoxy groups -OCH3 is 1. The predicted octanol–water partition coefficient (Wildman–Crippen LogP) is 5.00. The third-order valence-corrected chi connectivity index (χ3v) is 6.68. The first-order chi connectivity index (χ1) is 19.9. The molecule has 2 aromatic heterocycles. The van der Waals surface area contributed by atoms with Gasteiger partial charge in [-0.1, -0.05) is 6.07 Å². The lowest BCUT2D eigenvalue weighted by molar-refractivity contribution is -0.151. The zero-order valence-electron chi connectivity index (χ0n) is 22.2. The molecule has 1 unspecified atom stereocenters. The van der Waals surface area contributed by atoms with E-state index in [9.17, 15) is 31.1 Å². The first-order valence-electron chi connectivity index (χ1n) is 12.6. The average Bonchev–Trinajstić information content (AvgIpc) is 3.56. The maximum Gasteiger partial charge on any atom is 0.405 e. The fraction of sp³-hybridized carbons (Fsp3) is 0.333. The molecule has 222 valence electrons. The Morgan fingerprint density at radius 3 is 2.52 bits per heavy atom. The summed E-state index contributed by atoms with van der Waals surface area (Å²) in [7, 11) is 1.48. The summed E-state index contributed by atoms with van der Waals surface area (Å²) in [5, 5.41) is 10.0. The van der Waals surface area contributed by atoms with Gasteiger partial charge in [-0.15, -0.1) is 10.2 Å². The summed E-state index contributed by atoms with van der Waals surface area (Å²) < 4.78 is 98.7. The Bertz CT molecular complexity index is 1610. The molecule has 0 bridgehead atoms. The third-order valence-electron chi connectivity index (χ3n) is 6.68. The van der Waals surface area contributed by atoms with Crippen LogP contribution in [0.25, 0.3) is 11.3 Å². The Hall–Kier alpha value is -4.56. The molecule has 5 rings (SSSR count). The van der Waals surface area contributed by atoms with E-state index in [1.807, 2.05) is 0 Å². The molecule has 42 heavy (non-hydrogen) atoms. The first kappa shape index (κ1) is 29.0. The molecule has 1 atom stereocenters. The summed E-state index contributed by atoms with van der Waals surface area (Å²) in [6, 6.07) is 6.28. The minimum Gasteiger partial charge on any atom is -0.496 e. The normalized spacial score (nSPS) is 16.7. The maximum atomic E-state index is 14.0. The molecule has 1 N–H and O–H groups in total. The number of hydrogen-bond donors (Lipinski definition) is 1. The highest BCUT2D eigenvalue weighted by atomic mass is 19.4. The van der Waals surface area contributed by atoms with E-state index in [0.717, 1.165) is 0 Å². The molecule has 1 amide bonds. The van der Waals surface area contributed by atoms with Gasteiger partial charge >= 0.3 is 6.18 Å². The van der Waals surface area contributed by atoms with Gasteiger partial charge in [-0.05, 0) is 24.1 Å². The number of carbonyl (C=O) groups is 1. The van der Waals surface area contributed by atoms with E-state index in [1.165, 1.54) is 11.7 Å². The van der Waals surface area contributed by atoms with E-state index in [4.69, 9.17) is 13.9 Å². The van der Waals surface area contributed by atoms with Gasteiger partial charge in [-0.2, -0.15) is 13.2 Å². The second-order valence-corrected chi connectivity index (χ2v) is 9.58. The predicted molar refractivity (Wildman–Crippen MR) is 133 cm³/mol. The van der Waals surface area contributed by atoms with Gasteiger partial charge in [-0.25, -0.2) is 18.2 Å². The molecule has 2 aromatic carbocycles. The summed E-state index contributed by atoms with van der Waals surface area (Å²) >= 11 is 0. The van der Waals surface area contributed by atoms with Crippen LogP contribution in [-0.2, 0) is 23.4 Å². The van der Waals surface area contributed by atoms with Crippen LogP contribution in [0.2, 0.25) is 0 Å². The Morgan fingerprint density at radius 2 is 1.88 bits per heavy atom. The van der Waals surface area contributed by atoms with Crippen molar-refractivity contribution < 1.29 is 45.0 Å². The quantitative estimate of drug-likeness (QED) is 0.226. The molecular weight excluding hydrogens is 572 g/mol. The summed E-state index contributed by atoms with van der Waals surface area (Å²) in [6.07, 6.45) is -3.03. The smallest absolute Gasteiger partial charge is 0.405 e. The van der Waals surface area contributed by atoms with Crippen molar-refractivity contribution in [2.24, 2.45) is 0 Å². The summed E-state index contributed by atoms with van der Waals surface area (Å²) in [5.74, 6) is -5.24. The second kappa shape index (κ2) is 11.0. The van der Waals surface area contributed by atoms with Crippen LogP contribution in [-0.4, -0.2) is 45.5 Å². The molecular formula is C27H23F6N5O4. The van der Waals surface area contributed by atoms with Crippen LogP contribution in [0.15, 0.2) is 40.9 Å². The molecule has 0 radical (unpaired) electrons. The van der Waals surface area contributed by atoms with E-state index in [0.29, 0.717) is 46.5 Å². The van der Waals surface area contributed by atoms with Crippen LogP contribution in [0.4, 0.5) is 26.3 Å². The summed E-state index contributed by atoms with van der Waals surface area (Å²) in [5.41, 5.74) is -0.891. The molecule has 3 heterocycles. The zero-order valence-corrected chi connectivity index (χ0v) is 22.2. The topological polar surface area (TPSA) is 104 Å². The van der Waals surface area contributed by atoms with Crippen LogP contribution >= 0.6 is 0 Å². The number of amides is 1. The van der Waals surface area contributed by atoms with E-state index in [-0.39, 0.29) is 31.6 Å². The number of aryl methyl sites for hydroxylation is 1. The van der Waals surface area contributed by atoms with Crippen molar-refractivity contribution in [2.45, 2.75) is 44.5 Å². The van der Waals surface area contributed by atoms with Crippen molar-refractivity contribution in [3.63, 3.8) is 0 Å². The van der Waals surface area contributed by atoms with Gasteiger partial charge in [0, 0.05) is 38.4 Å². The minimum absolute atomic E-state index is 0.166. The van der Waals surface area contributed by atoms with Gasteiger partial charge in [0.2, 0.25) is 5.60 Å². The molecule has 4 aromatic rings. The summed E-state index contributed by atoms with van der Waals surface area (Å²) in [4.78, 5) is 17.4. The van der Waals surface area contributed by atoms with E-state index in [2.05, 4.69) is 15.2 Å². The molecule has 0 fully saturated rings. The lowest BCUT2D eigenvalue weighted by Gasteiger charge is -2.36. The Kier molecular flexibility index (Phi) is 7.60. The Balaban J connectivity index is 1.51.